The van der Waals surface area contributed by atoms with E-state index in [4.69, 9.17) is 0 Å². The number of nitrogens with zero attached hydrogens (tertiary/aromatic N) is 3. The number of piperidine rings is 1. The third-order valence-electron chi connectivity index (χ3n) is 3.78. The van der Waals surface area contributed by atoms with Crippen LogP contribution in [0.3, 0.4) is 0 Å². The molecule has 2 N–H and O–H groups in total. The van der Waals surface area contributed by atoms with Crippen LogP contribution in [-0.2, 0) is 13.5 Å². The van der Waals surface area contributed by atoms with Crippen LogP contribution in [0.1, 0.15) is 31.9 Å². The van der Waals surface area contributed by atoms with Crippen molar-refractivity contribution in [1.29, 1.82) is 0 Å². The molecule has 0 atom stereocenters. The van der Waals surface area contributed by atoms with Gasteiger partial charge in [-0.3, -0.25) is 10.1 Å². The van der Waals surface area contributed by atoms with E-state index in [0.29, 0.717) is 23.9 Å². The summed E-state index contributed by atoms with van der Waals surface area (Å²) in [6.07, 6.45) is 3.71. The fourth-order valence-electron chi connectivity index (χ4n) is 2.69. The third kappa shape index (κ3) is 3.27. The number of hydrogen-bond acceptors (Lipinski definition) is 5. The van der Waals surface area contributed by atoms with Crippen LogP contribution in [0.2, 0.25) is 0 Å². The van der Waals surface area contributed by atoms with Gasteiger partial charge in [-0.2, -0.15) is 5.10 Å². The highest BCUT2D eigenvalue weighted by molar-refractivity contribution is 5.59. The Bertz CT molecular complexity index is 466. The molecule has 1 aromatic heterocycles. The van der Waals surface area contributed by atoms with E-state index in [0.717, 1.165) is 38.9 Å². The van der Waals surface area contributed by atoms with Gasteiger partial charge in [-0.25, -0.2) is 4.68 Å². The summed E-state index contributed by atoms with van der Waals surface area (Å²) < 4.78 is 1.60. The van der Waals surface area contributed by atoms with Crippen LogP contribution in [0, 0.1) is 16.0 Å². The summed E-state index contributed by atoms with van der Waals surface area (Å²) >= 11 is 0. The lowest BCUT2D eigenvalue weighted by Crippen LogP contribution is -2.31. The summed E-state index contributed by atoms with van der Waals surface area (Å²) in [5, 5.41) is 22.1. The predicted molar refractivity (Wildman–Crippen MR) is 77.9 cm³/mol. The first-order chi connectivity index (χ1) is 9.63. The average molecular weight is 281 g/mol. The second-order valence-corrected chi connectivity index (χ2v) is 5.35. The van der Waals surface area contributed by atoms with Gasteiger partial charge in [0.25, 0.3) is 0 Å². The molecule has 7 nitrogen and oxygen atoms in total. The van der Waals surface area contributed by atoms with E-state index in [2.05, 4.69) is 15.7 Å². The number of aryl methyl sites for hydroxylation is 2. The number of nitro groups is 1. The van der Waals surface area contributed by atoms with Crippen LogP contribution < -0.4 is 10.6 Å². The van der Waals surface area contributed by atoms with Crippen LogP contribution in [0.15, 0.2) is 0 Å². The molecule has 1 saturated heterocycles. The number of hydrogen-bond donors (Lipinski definition) is 2. The Labute approximate surface area is 118 Å². The molecule has 0 unspecified atom stereocenters. The minimum Gasteiger partial charge on any atom is -0.364 e. The monoisotopic (exact) mass is 281 g/mol. The van der Waals surface area contributed by atoms with Gasteiger partial charge in [0.2, 0.25) is 5.82 Å². The minimum atomic E-state index is -0.317. The van der Waals surface area contributed by atoms with Crippen molar-refractivity contribution < 1.29 is 4.92 Å². The quantitative estimate of drug-likeness (QED) is 0.612. The molecule has 20 heavy (non-hydrogen) atoms. The first-order valence-corrected chi connectivity index (χ1v) is 7.28. The van der Waals surface area contributed by atoms with Gasteiger partial charge in [-0.1, -0.05) is 13.3 Å². The first kappa shape index (κ1) is 14.8. The zero-order valence-electron chi connectivity index (χ0n) is 12.2. The molecule has 2 rings (SSSR count). The largest absolute Gasteiger partial charge is 0.364 e. The molecule has 1 fully saturated rings. The first-order valence-electron chi connectivity index (χ1n) is 7.28. The summed E-state index contributed by atoms with van der Waals surface area (Å²) in [6, 6.07) is 0. The lowest BCUT2D eigenvalue weighted by Gasteiger charge is -2.22. The smallest absolute Gasteiger partial charge is 0.333 e. The van der Waals surface area contributed by atoms with Crippen molar-refractivity contribution in [2.24, 2.45) is 13.0 Å². The van der Waals surface area contributed by atoms with E-state index in [9.17, 15) is 10.1 Å². The van der Waals surface area contributed by atoms with E-state index >= 15 is 0 Å². The number of anilines is 1. The summed E-state index contributed by atoms with van der Waals surface area (Å²) in [5.41, 5.74) is 0.719. The predicted octanol–water partition coefficient (Wildman–Crippen LogP) is 1.69. The van der Waals surface area contributed by atoms with Crippen molar-refractivity contribution in [3.63, 3.8) is 0 Å². The van der Waals surface area contributed by atoms with Gasteiger partial charge in [-0.15, -0.1) is 0 Å². The second kappa shape index (κ2) is 6.69. The molecule has 0 aliphatic carbocycles. The van der Waals surface area contributed by atoms with Crippen LogP contribution in [-0.4, -0.2) is 34.3 Å². The fraction of sp³-hybridized carbons (Fsp3) is 0.769. The van der Waals surface area contributed by atoms with Gasteiger partial charge in [0.15, 0.2) is 0 Å². The molecule has 0 spiro atoms. The maximum Gasteiger partial charge on any atom is 0.333 e. The topological polar surface area (TPSA) is 85.0 Å². The van der Waals surface area contributed by atoms with Crippen molar-refractivity contribution in [1.82, 2.24) is 15.1 Å². The Kier molecular flexibility index (Phi) is 4.94. The SMILES string of the molecule is CCCc1nn(C)c(NCC2CCNCC2)c1[N+](=O)[O-]. The van der Waals surface area contributed by atoms with Gasteiger partial charge in [0, 0.05) is 13.6 Å². The zero-order valence-corrected chi connectivity index (χ0v) is 12.2. The molecule has 1 aromatic rings. The van der Waals surface area contributed by atoms with Gasteiger partial charge < -0.3 is 10.6 Å². The summed E-state index contributed by atoms with van der Waals surface area (Å²) in [5.74, 6) is 1.11. The van der Waals surface area contributed by atoms with Crippen molar-refractivity contribution in [2.75, 3.05) is 25.0 Å². The summed E-state index contributed by atoms with van der Waals surface area (Å²) in [6.45, 7) is 4.83. The Morgan fingerprint density at radius 1 is 1.50 bits per heavy atom. The Balaban J connectivity index is 2.11. The fourth-order valence-corrected chi connectivity index (χ4v) is 2.69. The van der Waals surface area contributed by atoms with E-state index in [1.807, 2.05) is 6.92 Å². The summed E-state index contributed by atoms with van der Waals surface area (Å²) in [7, 11) is 1.76. The van der Waals surface area contributed by atoms with Crippen molar-refractivity contribution in [3.8, 4) is 0 Å². The molecule has 0 saturated carbocycles. The minimum absolute atomic E-state index is 0.142. The number of nitrogens with one attached hydrogen (secondary N) is 2. The molecule has 112 valence electrons. The molecule has 2 heterocycles. The molecule has 0 bridgehead atoms. The normalized spacial score (nSPS) is 16.3. The van der Waals surface area contributed by atoms with Crippen LogP contribution in [0.4, 0.5) is 11.5 Å². The number of aromatic nitrogens is 2. The molecular formula is C13H23N5O2. The maximum atomic E-state index is 11.3. The van der Waals surface area contributed by atoms with Gasteiger partial charge >= 0.3 is 5.69 Å². The van der Waals surface area contributed by atoms with E-state index in [1.165, 1.54) is 0 Å². The van der Waals surface area contributed by atoms with Gasteiger partial charge in [-0.05, 0) is 38.3 Å². The van der Waals surface area contributed by atoms with Crippen molar-refractivity contribution >= 4 is 11.5 Å². The molecule has 1 aliphatic heterocycles. The molecular weight excluding hydrogens is 258 g/mol. The average Bonchev–Trinajstić information content (AvgIpc) is 2.74. The Morgan fingerprint density at radius 3 is 2.80 bits per heavy atom. The van der Waals surface area contributed by atoms with Gasteiger partial charge in [0.05, 0.1) is 4.92 Å². The highest BCUT2D eigenvalue weighted by atomic mass is 16.6. The molecule has 0 amide bonds. The third-order valence-corrected chi connectivity index (χ3v) is 3.78. The van der Waals surface area contributed by atoms with Crippen LogP contribution in [0.5, 0.6) is 0 Å². The van der Waals surface area contributed by atoms with E-state index in [1.54, 1.807) is 11.7 Å². The van der Waals surface area contributed by atoms with Crippen molar-refractivity contribution in [2.45, 2.75) is 32.6 Å². The van der Waals surface area contributed by atoms with Gasteiger partial charge in [0.1, 0.15) is 5.69 Å². The molecule has 1 aliphatic rings. The molecule has 7 heteroatoms. The van der Waals surface area contributed by atoms with Crippen molar-refractivity contribution in [3.05, 3.63) is 15.8 Å². The molecule has 0 aromatic carbocycles. The highest BCUT2D eigenvalue weighted by Crippen LogP contribution is 2.29. The number of rotatable bonds is 6. The van der Waals surface area contributed by atoms with Crippen LogP contribution >= 0.6 is 0 Å². The maximum absolute atomic E-state index is 11.3. The van der Waals surface area contributed by atoms with E-state index in [-0.39, 0.29) is 10.6 Å². The van der Waals surface area contributed by atoms with Crippen LogP contribution in [0.25, 0.3) is 0 Å². The molecule has 0 radical (unpaired) electrons. The standard InChI is InChI=1S/C13H23N5O2/c1-3-4-11-12(18(19)20)13(17(2)16-11)15-9-10-5-7-14-8-6-10/h10,14-15H,3-9H2,1-2H3. The Morgan fingerprint density at radius 2 is 2.20 bits per heavy atom. The Hall–Kier alpha value is -1.63. The lowest BCUT2D eigenvalue weighted by molar-refractivity contribution is -0.384. The van der Waals surface area contributed by atoms with E-state index < -0.39 is 0 Å². The second-order valence-electron chi connectivity index (χ2n) is 5.35. The summed E-state index contributed by atoms with van der Waals surface area (Å²) in [4.78, 5) is 11.0. The highest BCUT2D eigenvalue weighted by Gasteiger charge is 2.26. The lowest BCUT2D eigenvalue weighted by atomic mass is 9.98. The zero-order chi connectivity index (χ0) is 14.5.